The van der Waals surface area contributed by atoms with E-state index in [0.717, 1.165) is 31.2 Å². The van der Waals surface area contributed by atoms with Gasteiger partial charge in [-0.1, -0.05) is 24.3 Å². The van der Waals surface area contributed by atoms with Crippen molar-refractivity contribution >= 4 is 11.8 Å². The van der Waals surface area contributed by atoms with Crippen molar-refractivity contribution in [2.45, 2.75) is 32.6 Å². The van der Waals surface area contributed by atoms with Crippen LogP contribution in [0.3, 0.4) is 0 Å². The van der Waals surface area contributed by atoms with E-state index in [0.29, 0.717) is 5.95 Å². The fourth-order valence-corrected chi connectivity index (χ4v) is 3.30. The number of anilines is 2. The molecule has 0 aliphatic carbocycles. The number of rotatable bonds is 4. The maximum absolute atomic E-state index is 5.70. The fourth-order valence-electron chi connectivity index (χ4n) is 3.30. The fraction of sp³-hybridized carbons (Fsp3) is 0.444. The normalized spacial score (nSPS) is 18.4. The molecule has 0 saturated carbocycles. The molecule has 4 nitrogen and oxygen atoms in total. The zero-order valence-electron chi connectivity index (χ0n) is 13.2. The van der Waals surface area contributed by atoms with Gasteiger partial charge in [0.05, 0.1) is 0 Å². The van der Waals surface area contributed by atoms with E-state index in [-0.39, 0.29) is 0 Å². The minimum absolute atomic E-state index is 0.361. The highest BCUT2D eigenvalue weighted by molar-refractivity contribution is 5.41. The zero-order valence-corrected chi connectivity index (χ0v) is 13.2. The molecule has 0 radical (unpaired) electrons. The molecule has 0 amide bonds. The highest BCUT2D eigenvalue weighted by Crippen LogP contribution is 2.25. The van der Waals surface area contributed by atoms with Crippen molar-refractivity contribution in [1.29, 1.82) is 0 Å². The van der Waals surface area contributed by atoms with E-state index in [4.69, 9.17) is 5.73 Å². The number of benzene rings is 1. The van der Waals surface area contributed by atoms with E-state index in [9.17, 15) is 0 Å². The lowest BCUT2D eigenvalue weighted by Crippen LogP contribution is -2.36. The third-order valence-corrected chi connectivity index (χ3v) is 4.59. The molecule has 22 heavy (non-hydrogen) atoms. The summed E-state index contributed by atoms with van der Waals surface area (Å²) in [5.41, 5.74) is 8.58. The molecule has 0 spiro atoms. The number of nitrogen functional groups attached to an aromatic ring is 1. The highest BCUT2D eigenvalue weighted by Gasteiger charge is 2.21. The molecule has 0 bridgehead atoms. The van der Waals surface area contributed by atoms with Gasteiger partial charge < -0.3 is 10.6 Å². The summed E-state index contributed by atoms with van der Waals surface area (Å²) in [6.45, 7) is 4.34. The summed E-state index contributed by atoms with van der Waals surface area (Å²) >= 11 is 0. The van der Waals surface area contributed by atoms with Crippen LogP contribution in [0.1, 0.15) is 30.4 Å². The van der Waals surface area contributed by atoms with Crippen molar-refractivity contribution in [2.75, 3.05) is 23.7 Å². The van der Waals surface area contributed by atoms with Crippen LogP contribution in [-0.2, 0) is 6.42 Å². The zero-order chi connectivity index (χ0) is 15.4. The predicted molar refractivity (Wildman–Crippen MR) is 90.9 cm³/mol. The van der Waals surface area contributed by atoms with Gasteiger partial charge in [0.1, 0.15) is 5.82 Å². The van der Waals surface area contributed by atoms with Crippen LogP contribution in [-0.4, -0.2) is 23.1 Å². The Morgan fingerprint density at radius 1 is 1.27 bits per heavy atom. The molecule has 116 valence electrons. The average Bonchev–Trinajstić information content (AvgIpc) is 2.54. The summed E-state index contributed by atoms with van der Waals surface area (Å²) in [4.78, 5) is 10.7. The van der Waals surface area contributed by atoms with Gasteiger partial charge in [-0.05, 0) is 55.7 Å². The molecule has 1 fully saturated rings. The molecule has 2 heterocycles. The Bertz CT molecular complexity index is 626. The lowest BCUT2D eigenvalue weighted by molar-refractivity contribution is 0.390. The molecule has 1 aromatic carbocycles. The quantitative estimate of drug-likeness (QED) is 0.941. The van der Waals surface area contributed by atoms with Gasteiger partial charge in [-0.2, -0.15) is 4.98 Å². The second kappa shape index (κ2) is 6.77. The topological polar surface area (TPSA) is 55.0 Å². The van der Waals surface area contributed by atoms with E-state index in [1.807, 2.05) is 6.07 Å². The van der Waals surface area contributed by atoms with E-state index < -0.39 is 0 Å². The number of hydrogen-bond acceptors (Lipinski definition) is 4. The van der Waals surface area contributed by atoms with E-state index in [1.165, 1.54) is 30.4 Å². The third kappa shape index (κ3) is 3.56. The lowest BCUT2D eigenvalue weighted by Gasteiger charge is -2.33. The maximum atomic E-state index is 5.70. The molecule has 1 unspecified atom stereocenters. The second-order valence-corrected chi connectivity index (χ2v) is 6.19. The maximum Gasteiger partial charge on any atom is 0.221 e. The SMILES string of the molecule is Cc1ccccc1CCC1CCCN(c2ccnc(N)n2)C1. The van der Waals surface area contributed by atoms with Crippen LogP contribution in [0.4, 0.5) is 11.8 Å². The largest absolute Gasteiger partial charge is 0.368 e. The third-order valence-electron chi connectivity index (χ3n) is 4.59. The molecule has 1 aliphatic heterocycles. The monoisotopic (exact) mass is 296 g/mol. The van der Waals surface area contributed by atoms with Crippen LogP contribution in [0.2, 0.25) is 0 Å². The van der Waals surface area contributed by atoms with Crippen LogP contribution in [0.25, 0.3) is 0 Å². The van der Waals surface area contributed by atoms with Crippen LogP contribution < -0.4 is 10.6 Å². The van der Waals surface area contributed by atoms with Crippen molar-refractivity contribution in [3.8, 4) is 0 Å². The second-order valence-electron chi connectivity index (χ2n) is 6.19. The van der Waals surface area contributed by atoms with Gasteiger partial charge in [-0.25, -0.2) is 4.98 Å². The van der Waals surface area contributed by atoms with Crippen LogP contribution in [0, 0.1) is 12.8 Å². The van der Waals surface area contributed by atoms with E-state index >= 15 is 0 Å². The summed E-state index contributed by atoms with van der Waals surface area (Å²) in [6, 6.07) is 10.7. The number of aryl methyl sites for hydroxylation is 2. The number of nitrogens with zero attached hydrogens (tertiary/aromatic N) is 3. The molecule has 1 atom stereocenters. The Hall–Kier alpha value is -2.10. The summed E-state index contributed by atoms with van der Waals surface area (Å²) < 4.78 is 0. The minimum Gasteiger partial charge on any atom is -0.368 e. The lowest BCUT2D eigenvalue weighted by atomic mass is 9.90. The molecular formula is C18H24N4. The molecular weight excluding hydrogens is 272 g/mol. The van der Waals surface area contributed by atoms with Gasteiger partial charge in [-0.3, -0.25) is 0 Å². The molecule has 2 N–H and O–H groups in total. The van der Waals surface area contributed by atoms with Gasteiger partial charge in [0.2, 0.25) is 5.95 Å². The summed E-state index contributed by atoms with van der Waals surface area (Å²) in [7, 11) is 0. The molecule has 1 aliphatic rings. The molecule has 4 heteroatoms. The number of hydrogen-bond donors (Lipinski definition) is 1. The van der Waals surface area contributed by atoms with Crippen molar-refractivity contribution in [1.82, 2.24) is 9.97 Å². The first kappa shape index (κ1) is 14.8. The van der Waals surface area contributed by atoms with Crippen molar-refractivity contribution < 1.29 is 0 Å². The summed E-state index contributed by atoms with van der Waals surface area (Å²) in [6.07, 6.45) is 6.68. The van der Waals surface area contributed by atoms with Gasteiger partial charge in [0.25, 0.3) is 0 Å². The van der Waals surface area contributed by atoms with Crippen LogP contribution >= 0.6 is 0 Å². The van der Waals surface area contributed by atoms with Gasteiger partial charge >= 0.3 is 0 Å². The Morgan fingerprint density at radius 2 is 2.14 bits per heavy atom. The summed E-state index contributed by atoms with van der Waals surface area (Å²) in [5, 5.41) is 0. The number of piperidine rings is 1. The van der Waals surface area contributed by atoms with Gasteiger partial charge in [0, 0.05) is 19.3 Å². The van der Waals surface area contributed by atoms with Crippen LogP contribution in [0.15, 0.2) is 36.5 Å². The predicted octanol–water partition coefficient (Wildman–Crippen LogP) is 3.22. The Balaban J connectivity index is 1.60. The molecule has 2 aromatic rings. The van der Waals surface area contributed by atoms with Crippen molar-refractivity contribution in [3.05, 3.63) is 47.7 Å². The Kier molecular flexibility index (Phi) is 4.56. The smallest absolute Gasteiger partial charge is 0.221 e. The molecule has 1 saturated heterocycles. The Labute approximate surface area is 132 Å². The average molecular weight is 296 g/mol. The van der Waals surface area contributed by atoms with E-state index in [1.54, 1.807) is 6.20 Å². The highest BCUT2D eigenvalue weighted by atomic mass is 15.2. The summed E-state index contributed by atoms with van der Waals surface area (Å²) in [5.74, 6) is 2.05. The number of nitrogens with two attached hydrogens (primary N) is 1. The van der Waals surface area contributed by atoms with Gasteiger partial charge in [-0.15, -0.1) is 0 Å². The minimum atomic E-state index is 0.361. The first-order chi connectivity index (χ1) is 10.7. The van der Waals surface area contributed by atoms with Gasteiger partial charge in [0.15, 0.2) is 0 Å². The van der Waals surface area contributed by atoms with Crippen molar-refractivity contribution in [2.24, 2.45) is 5.92 Å². The number of aromatic nitrogens is 2. The Morgan fingerprint density at radius 3 is 2.95 bits per heavy atom. The standard InChI is InChI=1S/C18H24N4/c1-14-5-2-3-7-16(14)9-8-15-6-4-12-22(13-15)17-10-11-20-18(19)21-17/h2-3,5,7,10-11,15H,4,6,8-9,12-13H2,1H3,(H2,19,20,21). The molecule has 1 aromatic heterocycles. The van der Waals surface area contributed by atoms with E-state index in [2.05, 4.69) is 46.1 Å². The molecule has 3 rings (SSSR count). The first-order valence-corrected chi connectivity index (χ1v) is 8.10. The van der Waals surface area contributed by atoms with Crippen molar-refractivity contribution in [3.63, 3.8) is 0 Å². The van der Waals surface area contributed by atoms with Crippen LogP contribution in [0.5, 0.6) is 0 Å². The first-order valence-electron chi connectivity index (χ1n) is 8.10.